The Kier molecular flexibility index (Phi) is 2.87. The average Bonchev–Trinajstić information content (AvgIpc) is 2.79. The molecule has 2 N–H and O–H groups in total. The van der Waals surface area contributed by atoms with E-state index in [4.69, 9.17) is 0 Å². The minimum Gasteiger partial charge on any atom is -0.388 e. The number of pyridine rings is 1. The van der Waals surface area contributed by atoms with E-state index >= 15 is 0 Å². The Bertz CT molecular complexity index is 733. The third-order valence-corrected chi connectivity index (χ3v) is 3.78. The molecule has 1 aliphatic heterocycles. The SMILES string of the molecule is C[C@]1(O)CCN(C(=O)c2c[nH]c(=O)c3ccccc23)C1. The lowest BCUT2D eigenvalue weighted by molar-refractivity contribution is 0.0573. The standard InChI is InChI=1S/C15H16N2O3/c1-15(20)6-7-17(9-15)14(19)12-8-16-13(18)11-5-3-2-4-10(11)12/h2-5,8,20H,6-7,9H2,1H3,(H,16,18)/t15-/m0/s1. The summed E-state index contributed by atoms with van der Waals surface area (Å²) in [5.74, 6) is -0.157. The number of nitrogens with one attached hydrogen (secondary N) is 1. The molecule has 1 amide bonds. The molecule has 1 aliphatic rings. The van der Waals surface area contributed by atoms with E-state index in [1.54, 1.807) is 36.1 Å². The summed E-state index contributed by atoms with van der Waals surface area (Å²) in [6.07, 6.45) is 2.03. The predicted octanol–water partition coefficient (Wildman–Crippen LogP) is 1.12. The topological polar surface area (TPSA) is 73.4 Å². The van der Waals surface area contributed by atoms with Crippen molar-refractivity contribution in [3.05, 3.63) is 46.4 Å². The average molecular weight is 272 g/mol. The number of hydrogen-bond acceptors (Lipinski definition) is 3. The van der Waals surface area contributed by atoms with Gasteiger partial charge in [0.05, 0.1) is 11.2 Å². The maximum absolute atomic E-state index is 12.6. The van der Waals surface area contributed by atoms with Crippen molar-refractivity contribution in [3.8, 4) is 0 Å². The Morgan fingerprint density at radius 1 is 1.35 bits per heavy atom. The minimum atomic E-state index is -0.826. The number of benzene rings is 1. The van der Waals surface area contributed by atoms with Crippen molar-refractivity contribution in [1.29, 1.82) is 0 Å². The third kappa shape index (κ3) is 2.10. The number of β-amino-alcohol motifs (C(OH)–C–C–N with tert-alkyl or cyclic N) is 1. The summed E-state index contributed by atoms with van der Waals surface area (Å²) in [7, 11) is 0. The van der Waals surface area contributed by atoms with Crippen LogP contribution in [0.5, 0.6) is 0 Å². The number of nitrogens with zero attached hydrogens (tertiary/aromatic N) is 1. The number of rotatable bonds is 1. The monoisotopic (exact) mass is 272 g/mol. The fourth-order valence-corrected chi connectivity index (χ4v) is 2.67. The number of fused-ring (bicyclic) bond motifs is 1. The van der Waals surface area contributed by atoms with Gasteiger partial charge in [-0.2, -0.15) is 0 Å². The first-order chi connectivity index (χ1) is 9.48. The number of carbonyl (C=O) groups excluding carboxylic acids is 1. The third-order valence-electron chi connectivity index (χ3n) is 3.78. The Hall–Kier alpha value is -2.14. The van der Waals surface area contributed by atoms with Crippen LogP contribution < -0.4 is 5.56 Å². The van der Waals surface area contributed by atoms with E-state index in [0.29, 0.717) is 35.8 Å². The summed E-state index contributed by atoms with van der Waals surface area (Å²) >= 11 is 0. The molecular formula is C15H16N2O3. The van der Waals surface area contributed by atoms with Crippen LogP contribution in [-0.4, -0.2) is 39.6 Å². The molecule has 1 aromatic heterocycles. The van der Waals surface area contributed by atoms with Crippen molar-refractivity contribution in [1.82, 2.24) is 9.88 Å². The van der Waals surface area contributed by atoms with E-state index in [-0.39, 0.29) is 11.5 Å². The first kappa shape index (κ1) is 12.9. The van der Waals surface area contributed by atoms with E-state index in [2.05, 4.69) is 4.98 Å². The van der Waals surface area contributed by atoms with Crippen LogP contribution in [-0.2, 0) is 0 Å². The molecular weight excluding hydrogens is 256 g/mol. The van der Waals surface area contributed by atoms with Crippen LogP contribution in [0.3, 0.4) is 0 Å². The number of aliphatic hydroxyl groups is 1. The predicted molar refractivity (Wildman–Crippen MR) is 75.7 cm³/mol. The van der Waals surface area contributed by atoms with Gasteiger partial charge in [0.25, 0.3) is 11.5 Å². The smallest absolute Gasteiger partial charge is 0.256 e. The van der Waals surface area contributed by atoms with Crippen LogP contribution in [0.25, 0.3) is 10.8 Å². The summed E-state index contributed by atoms with van der Waals surface area (Å²) in [5.41, 5.74) is -0.559. The van der Waals surface area contributed by atoms with Crippen LogP contribution in [0.2, 0.25) is 0 Å². The Labute approximate surface area is 115 Å². The van der Waals surface area contributed by atoms with Crippen molar-refractivity contribution in [2.75, 3.05) is 13.1 Å². The number of hydrogen-bond donors (Lipinski definition) is 2. The van der Waals surface area contributed by atoms with E-state index in [1.807, 2.05) is 0 Å². The lowest BCUT2D eigenvalue weighted by atomic mass is 10.1. The summed E-state index contributed by atoms with van der Waals surface area (Å²) in [6.45, 7) is 2.57. The van der Waals surface area contributed by atoms with Gasteiger partial charge in [-0.25, -0.2) is 0 Å². The molecule has 0 bridgehead atoms. The number of likely N-dealkylation sites (tertiary alicyclic amines) is 1. The fourth-order valence-electron chi connectivity index (χ4n) is 2.67. The lowest BCUT2D eigenvalue weighted by Gasteiger charge is -2.19. The highest BCUT2D eigenvalue weighted by Crippen LogP contribution is 2.24. The molecule has 1 aromatic carbocycles. The quantitative estimate of drug-likeness (QED) is 0.817. The molecule has 0 unspecified atom stereocenters. The molecule has 0 radical (unpaired) electrons. The Morgan fingerprint density at radius 2 is 2.05 bits per heavy atom. The number of aromatic amines is 1. The Balaban J connectivity index is 2.05. The van der Waals surface area contributed by atoms with Crippen LogP contribution in [0.15, 0.2) is 35.3 Å². The summed E-state index contributed by atoms with van der Waals surface area (Å²) in [5, 5.41) is 11.1. The molecule has 5 nitrogen and oxygen atoms in total. The normalized spacial score (nSPS) is 22.4. The highest BCUT2D eigenvalue weighted by atomic mass is 16.3. The van der Waals surface area contributed by atoms with Gasteiger partial charge in [-0.3, -0.25) is 9.59 Å². The van der Waals surface area contributed by atoms with Crippen molar-refractivity contribution < 1.29 is 9.90 Å². The van der Waals surface area contributed by atoms with Gasteiger partial charge in [0.15, 0.2) is 0 Å². The van der Waals surface area contributed by atoms with Crippen LogP contribution >= 0.6 is 0 Å². The fraction of sp³-hybridized carbons (Fsp3) is 0.333. The second-order valence-electron chi connectivity index (χ2n) is 5.55. The molecule has 2 aromatic rings. The summed E-state index contributed by atoms with van der Waals surface area (Å²) in [4.78, 5) is 28.5. The van der Waals surface area contributed by atoms with Gasteiger partial charge in [-0.15, -0.1) is 0 Å². The van der Waals surface area contributed by atoms with E-state index in [0.717, 1.165) is 0 Å². The molecule has 1 atom stereocenters. The second-order valence-corrected chi connectivity index (χ2v) is 5.55. The molecule has 2 heterocycles. The maximum atomic E-state index is 12.6. The molecule has 104 valence electrons. The van der Waals surface area contributed by atoms with E-state index in [9.17, 15) is 14.7 Å². The first-order valence-corrected chi connectivity index (χ1v) is 6.60. The van der Waals surface area contributed by atoms with Gasteiger partial charge in [0.2, 0.25) is 0 Å². The molecule has 1 saturated heterocycles. The molecule has 0 spiro atoms. The van der Waals surface area contributed by atoms with Crippen LogP contribution in [0.1, 0.15) is 23.7 Å². The number of H-pyrrole nitrogens is 1. The van der Waals surface area contributed by atoms with Crippen molar-refractivity contribution in [2.24, 2.45) is 0 Å². The Morgan fingerprint density at radius 3 is 2.70 bits per heavy atom. The highest BCUT2D eigenvalue weighted by Gasteiger charge is 2.34. The van der Waals surface area contributed by atoms with Crippen LogP contribution in [0, 0.1) is 0 Å². The summed E-state index contributed by atoms with van der Waals surface area (Å²) in [6, 6.07) is 7.04. The zero-order valence-corrected chi connectivity index (χ0v) is 11.2. The lowest BCUT2D eigenvalue weighted by Crippen LogP contribution is -2.34. The number of aromatic nitrogens is 1. The molecule has 3 rings (SSSR count). The highest BCUT2D eigenvalue weighted by molar-refractivity contribution is 6.06. The number of carbonyl (C=O) groups is 1. The molecule has 0 aliphatic carbocycles. The van der Waals surface area contributed by atoms with Crippen molar-refractivity contribution in [2.45, 2.75) is 18.9 Å². The van der Waals surface area contributed by atoms with Crippen molar-refractivity contribution >= 4 is 16.7 Å². The van der Waals surface area contributed by atoms with E-state index < -0.39 is 5.60 Å². The largest absolute Gasteiger partial charge is 0.388 e. The van der Waals surface area contributed by atoms with Gasteiger partial charge in [0.1, 0.15) is 0 Å². The molecule has 20 heavy (non-hydrogen) atoms. The van der Waals surface area contributed by atoms with Gasteiger partial charge < -0.3 is 15.0 Å². The van der Waals surface area contributed by atoms with Crippen LogP contribution in [0.4, 0.5) is 0 Å². The summed E-state index contributed by atoms with van der Waals surface area (Å²) < 4.78 is 0. The zero-order chi connectivity index (χ0) is 14.3. The maximum Gasteiger partial charge on any atom is 0.256 e. The van der Waals surface area contributed by atoms with Gasteiger partial charge in [-0.1, -0.05) is 18.2 Å². The molecule has 5 heteroatoms. The molecule has 0 saturated carbocycles. The molecule has 1 fully saturated rings. The van der Waals surface area contributed by atoms with Gasteiger partial charge in [0, 0.05) is 30.1 Å². The zero-order valence-electron chi connectivity index (χ0n) is 11.2. The van der Waals surface area contributed by atoms with Gasteiger partial charge in [-0.05, 0) is 19.4 Å². The second kappa shape index (κ2) is 4.45. The van der Waals surface area contributed by atoms with Crippen molar-refractivity contribution in [3.63, 3.8) is 0 Å². The first-order valence-electron chi connectivity index (χ1n) is 6.60. The van der Waals surface area contributed by atoms with Gasteiger partial charge >= 0.3 is 0 Å². The minimum absolute atomic E-state index is 0.157. The van der Waals surface area contributed by atoms with E-state index in [1.165, 1.54) is 6.20 Å². The number of amides is 1.